The number of fused-ring (bicyclic) bond motifs is 1. The van der Waals surface area contributed by atoms with E-state index in [0.29, 0.717) is 30.4 Å². The first-order chi connectivity index (χ1) is 13.3. The number of nitrogens with zero attached hydrogens (tertiary/aromatic N) is 3. The molecule has 4 heterocycles. The SMILES string of the molecule is O=C(c1ccc2cc[nH]c2c1)N1CCC(c2nnc(-c3ccoc3)o2)CC1. The Hall–Kier alpha value is -3.35. The largest absolute Gasteiger partial charge is 0.472 e. The van der Waals surface area contributed by atoms with Crippen LogP contribution in [0.3, 0.4) is 0 Å². The lowest BCUT2D eigenvalue weighted by Gasteiger charge is -2.30. The van der Waals surface area contributed by atoms with Gasteiger partial charge in [0.25, 0.3) is 11.8 Å². The predicted octanol–water partition coefficient (Wildman–Crippen LogP) is 3.83. The van der Waals surface area contributed by atoms with E-state index in [1.807, 2.05) is 35.4 Å². The number of amides is 1. The maximum Gasteiger partial charge on any atom is 0.253 e. The molecule has 1 N–H and O–H groups in total. The van der Waals surface area contributed by atoms with Gasteiger partial charge in [-0.3, -0.25) is 4.79 Å². The fraction of sp³-hybridized carbons (Fsp3) is 0.250. The number of H-pyrrole nitrogens is 1. The van der Waals surface area contributed by atoms with Gasteiger partial charge in [0.1, 0.15) is 6.26 Å². The van der Waals surface area contributed by atoms with Crippen LogP contribution in [0, 0.1) is 0 Å². The first-order valence-electron chi connectivity index (χ1n) is 9.00. The van der Waals surface area contributed by atoms with Crippen LogP contribution in [0.4, 0.5) is 0 Å². The number of hydrogen-bond acceptors (Lipinski definition) is 5. The van der Waals surface area contributed by atoms with Crippen LogP contribution < -0.4 is 0 Å². The number of carbonyl (C=O) groups is 1. The van der Waals surface area contributed by atoms with Gasteiger partial charge in [-0.2, -0.15) is 0 Å². The molecule has 5 rings (SSSR count). The molecule has 4 aromatic rings. The van der Waals surface area contributed by atoms with Crippen molar-refractivity contribution in [3.63, 3.8) is 0 Å². The lowest BCUT2D eigenvalue weighted by atomic mass is 9.96. The number of hydrogen-bond donors (Lipinski definition) is 1. The molecule has 0 atom stereocenters. The molecule has 0 unspecified atom stereocenters. The second-order valence-electron chi connectivity index (χ2n) is 6.80. The van der Waals surface area contributed by atoms with Crippen molar-refractivity contribution in [3.8, 4) is 11.5 Å². The lowest BCUT2D eigenvalue weighted by Crippen LogP contribution is -2.38. The zero-order valence-electron chi connectivity index (χ0n) is 14.6. The van der Waals surface area contributed by atoms with Gasteiger partial charge in [0.2, 0.25) is 5.89 Å². The van der Waals surface area contributed by atoms with E-state index < -0.39 is 0 Å². The van der Waals surface area contributed by atoms with Crippen LogP contribution >= 0.6 is 0 Å². The van der Waals surface area contributed by atoms with E-state index in [1.165, 1.54) is 0 Å². The molecule has 27 heavy (non-hydrogen) atoms. The van der Waals surface area contributed by atoms with Crippen LogP contribution in [0.2, 0.25) is 0 Å². The number of nitrogens with one attached hydrogen (secondary N) is 1. The Morgan fingerprint density at radius 3 is 2.85 bits per heavy atom. The van der Waals surface area contributed by atoms with Crippen molar-refractivity contribution in [2.24, 2.45) is 0 Å². The first-order valence-corrected chi connectivity index (χ1v) is 9.00. The minimum atomic E-state index is 0.0644. The van der Waals surface area contributed by atoms with Crippen LogP contribution in [-0.2, 0) is 0 Å². The van der Waals surface area contributed by atoms with E-state index in [0.717, 1.165) is 29.3 Å². The monoisotopic (exact) mass is 362 g/mol. The second kappa shape index (κ2) is 6.42. The van der Waals surface area contributed by atoms with Crippen molar-refractivity contribution >= 4 is 16.8 Å². The highest BCUT2D eigenvalue weighted by Crippen LogP contribution is 2.30. The predicted molar refractivity (Wildman–Crippen MR) is 98.2 cm³/mol. The van der Waals surface area contributed by atoms with Crippen LogP contribution in [0.25, 0.3) is 22.4 Å². The number of furan rings is 1. The maximum atomic E-state index is 12.8. The highest BCUT2D eigenvalue weighted by atomic mass is 16.4. The number of likely N-dealkylation sites (tertiary alicyclic amines) is 1. The third-order valence-corrected chi connectivity index (χ3v) is 5.14. The molecule has 1 amide bonds. The summed E-state index contributed by atoms with van der Waals surface area (Å²) in [6.45, 7) is 1.35. The lowest BCUT2D eigenvalue weighted by molar-refractivity contribution is 0.0706. The first kappa shape index (κ1) is 15.9. The fourth-order valence-corrected chi connectivity index (χ4v) is 3.60. The molecule has 0 saturated carbocycles. The zero-order valence-corrected chi connectivity index (χ0v) is 14.6. The van der Waals surface area contributed by atoms with Gasteiger partial charge < -0.3 is 18.7 Å². The Balaban J connectivity index is 1.26. The summed E-state index contributed by atoms with van der Waals surface area (Å²) in [6.07, 6.45) is 6.66. The van der Waals surface area contributed by atoms with Gasteiger partial charge in [-0.25, -0.2) is 0 Å². The molecule has 1 aromatic carbocycles. The average Bonchev–Trinajstić information content (AvgIpc) is 3.48. The highest BCUT2D eigenvalue weighted by molar-refractivity contribution is 5.98. The Kier molecular flexibility index (Phi) is 3.78. The smallest absolute Gasteiger partial charge is 0.253 e. The fourth-order valence-electron chi connectivity index (χ4n) is 3.60. The van der Waals surface area contributed by atoms with Crippen LogP contribution in [0.1, 0.15) is 35.0 Å². The maximum absolute atomic E-state index is 12.8. The van der Waals surface area contributed by atoms with E-state index in [9.17, 15) is 4.79 Å². The van der Waals surface area contributed by atoms with Gasteiger partial charge in [-0.05, 0) is 42.5 Å². The summed E-state index contributed by atoms with van der Waals surface area (Å²) < 4.78 is 10.9. The topological polar surface area (TPSA) is 88.2 Å². The molecule has 0 aliphatic carbocycles. The summed E-state index contributed by atoms with van der Waals surface area (Å²) in [6, 6.07) is 9.57. The van der Waals surface area contributed by atoms with Crippen molar-refractivity contribution in [2.75, 3.05) is 13.1 Å². The Morgan fingerprint density at radius 1 is 1.15 bits per heavy atom. The summed E-state index contributed by atoms with van der Waals surface area (Å²) >= 11 is 0. The Labute approximate surface area is 155 Å². The van der Waals surface area contributed by atoms with E-state index in [-0.39, 0.29) is 11.8 Å². The summed E-state index contributed by atoms with van der Waals surface area (Å²) in [4.78, 5) is 17.9. The normalized spacial score (nSPS) is 15.5. The second-order valence-corrected chi connectivity index (χ2v) is 6.80. The van der Waals surface area contributed by atoms with E-state index in [1.54, 1.807) is 18.6 Å². The molecule has 3 aromatic heterocycles. The quantitative estimate of drug-likeness (QED) is 0.598. The van der Waals surface area contributed by atoms with Crippen LogP contribution in [0.5, 0.6) is 0 Å². The number of rotatable bonds is 3. The zero-order chi connectivity index (χ0) is 18.2. The summed E-state index contributed by atoms with van der Waals surface area (Å²) in [5.41, 5.74) is 2.47. The Morgan fingerprint density at radius 2 is 2.04 bits per heavy atom. The number of aromatic nitrogens is 3. The van der Waals surface area contributed by atoms with E-state index in [4.69, 9.17) is 8.83 Å². The van der Waals surface area contributed by atoms with Gasteiger partial charge in [0.05, 0.1) is 11.8 Å². The third-order valence-electron chi connectivity index (χ3n) is 5.14. The van der Waals surface area contributed by atoms with E-state index in [2.05, 4.69) is 15.2 Å². The van der Waals surface area contributed by atoms with Crippen LogP contribution in [-0.4, -0.2) is 39.1 Å². The summed E-state index contributed by atoms with van der Waals surface area (Å²) in [7, 11) is 0. The molecule has 1 saturated heterocycles. The summed E-state index contributed by atoms with van der Waals surface area (Å²) in [5.74, 6) is 1.34. The van der Waals surface area contributed by atoms with Crippen molar-refractivity contribution < 1.29 is 13.6 Å². The van der Waals surface area contributed by atoms with Gasteiger partial charge in [-0.15, -0.1) is 10.2 Å². The van der Waals surface area contributed by atoms with Crippen LogP contribution in [0.15, 0.2) is 57.9 Å². The van der Waals surface area contributed by atoms with Crippen molar-refractivity contribution in [3.05, 3.63) is 60.5 Å². The standard InChI is InChI=1S/C20H18N4O3/c25-20(15-2-1-13-3-7-21-17(13)11-15)24-8-4-14(5-9-24)18-22-23-19(27-18)16-6-10-26-12-16/h1-3,6-7,10-12,14,21H,4-5,8-9H2. The van der Waals surface area contributed by atoms with Gasteiger partial charge >= 0.3 is 0 Å². The molecular weight excluding hydrogens is 344 g/mol. The Bertz CT molecular complexity index is 1070. The molecule has 7 nitrogen and oxygen atoms in total. The molecule has 1 aliphatic heterocycles. The summed E-state index contributed by atoms with van der Waals surface area (Å²) in [5, 5.41) is 9.39. The van der Waals surface area contributed by atoms with Crippen molar-refractivity contribution in [1.29, 1.82) is 0 Å². The number of aromatic amines is 1. The molecule has 0 bridgehead atoms. The van der Waals surface area contributed by atoms with Crippen molar-refractivity contribution in [2.45, 2.75) is 18.8 Å². The van der Waals surface area contributed by atoms with Gasteiger partial charge in [-0.1, -0.05) is 6.07 Å². The molecule has 0 radical (unpaired) electrons. The number of piperidine rings is 1. The minimum absolute atomic E-state index is 0.0644. The third kappa shape index (κ3) is 2.91. The molecule has 1 fully saturated rings. The molecule has 1 aliphatic rings. The molecule has 136 valence electrons. The van der Waals surface area contributed by atoms with Gasteiger partial charge in [0, 0.05) is 36.3 Å². The number of benzene rings is 1. The number of carbonyl (C=O) groups excluding carboxylic acids is 1. The average molecular weight is 362 g/mol. The highest BCUT2D eigenvalue weighted by Gasteiger charge is 2.28. The molecule has 7 heteroatoms. The molecular formula is C20H18N4O3. The minimum Gasteiger partial charge on any atom is -0.472 e. The van der Waals surface area contributed by atoms with Crippen molar-refractivity contribution in [1.82, 2.24) is 20.1 Å². The molecule has 0 spiro atoms. The van der Waals surface area contributed by atoms with E-state index >= 15 is 0 Å². The van der Waals surface area contributed by atoms with Gasteiger partial charge in [0.15, 0.2) is 0 Å².